The molecule has 1 aliphatic rings. The van der Waals surface area contributed by atoms with Gasteiger partial charge in [0.15, 0.2) is 0 Å². The lowest BCUT2D eigenvalue weighted by molar-refractivity contribution is 0.0937. The van der Waals surface area contributed by atoms with Crippen LogP contribution in [0.3, 0.4) is 0 Å². The molecule has 0 unspecified atom stereocenters. The van der Waals surface area contributed by atoms with Gasteiger partial charge in [-0.05, 0) is 56.1 Å². The topological polar surface area (TPSA) is 50.2 Å². The summed E-state index contributed by atoms with van der Waals surface area (Å²) in [5.74, 6) is 0.0192. The Balaban J connectivity index is 1.65. The first-order valence-electron chi connectivity index (χ1n) is 9.39. The van der Waals surface area contributed by atoms with Crippen LogP contribution in [-0.2, 0) is 6.54 Å². The molecule has 0 aliphatic carbocycles. The van der Waals surface area contributed by atoms with Crippen molar-refractivity contribution in [2.24, 2.45) is 0 Å². The number of hydrogen-bond acceptors (Lipinski definition) is 3. The van der Waals surface area contributed by atoms with Gasteiger partial charge in [-0.15, -0.1) is 0 Å². The molecule has 1 aliphatic heterocycles. The van der Waals surface area contributed by atoms with Crippen LogP contribution in [0.4, 0.5) is 0 Å². The van der Waals surface area contributed by atoms with E-state index in [0.717, 1.165) is 49.4 Å². The molecule has 3 heterocycles. The highest BCUT2D eigenvalue weighted by Crippen LogP contribution is 2.22. The van der Waals surface area contributed by atoms with Crippen LogP contribution < -0.4 is 5.32 Å². The summed E-state index contributed by atoms with van der Waals surface area (Å²) in [5, 5.41) is 3.10. The maximum absolute atomic E-state index is 12.7. The largest absolute Gasteiger partial charge is 0.349 e. The van der Waals surface area contributed by atoms with Crippen LogP contribution in [0.15, 0.2) is 36.8 Å². The zero-order chi connectivity index (χ0) is 17.5. The number of amides is 1. The van der Waals surface area contributed by atoms with E-state index >= 15 is 0 Å². The van der Waals surface area contributed by atoms with Gasteiger partial charge in [-0.2, -0.15) is 0 Å². The van der Waals surface area contributed by atoms with E-state index in [9.17, 15) is 4.79 Å². The zero-order valence-corrected chi connectivity index (χ0v) is 15.1. The van der Waals surface area contributed by atoms with Gasteiger partial charge < -0.3 is 14.8 Å². The SMILES string of the molecule is CCCn1cc(-c2ccncc2)cc1C(=O)NCCN1CCCCC1. The summed E-state index contributed by atoms with van der Waals surface area (Å²) in [7, 11) is 0. The van der Waals surface area contributed by atoms with Gasteiger partial charge in [0.25, 0.3) is 5.91 Å². The van der Waals surface area contributed by atoms with Gasteiger partial charge in [-0.25, -0.2) is 0 Å². The minimum absolute atomic E-state index is 0.0192. The van der Waals surface area contributed by atoms with Gasteiger partial charge >= 0.3 is 0 Å². The highest BCUT2D eigenvalue weighted by atomic mass is 16.1. The van der Waals surface area contributed by atoms with Gasteiger partial charge in [0.1, 0.15) is 5.69 Å². The molecule has 0 aromatic carbocycles. The van der Waals surface area contributed by atoms with Crippen molar-refractivity contribution in [2.75, 3.05) is 26.2 Å². The third-order valence-corrected chi connectivity index (χ3v) is 4.77. The van der Waals surface area contributed by atoms with Crippen LogP contribution in [0.25, 0.3) is 11.1 Å². The first-order valence-corrected chi connectivity index (χ1v) is 9.39. The molecule has 0 bridgehead atoms. The zero-order valence-electron chi connectivity index (χ0n) is 15.1. The number of nitrogens with one attached hydrogen (secondary N) is 1. The summed E-state index contributed by atoms with van der Waals surface area (Å²) >= 11 is 0. The molecular formula is C20H28N4O. The summed E-state index contributed by atoms with van der Waals surface area (Å²) in [6.07, 6.45) is 10.5. The first-order chi connectivity index (χ1) is 12.3. The van der Waals surface area contributed by atoms with E-state index in [2.05, 4.69) is 32.9 Å². The molecule has 0 spiro atoms. The fourth-order valence-corrected chi connectivity index (χ4v) is 3.43. The molecular weight excluding hydrogens is 312 g/mol. The predicted octanol–water partition coefficient (Wildman–Crippen LogP) is 3.18. The van der Waals surface area contributed by atoms with Gasteiger partial charge in [0.05, 0.1) is 0 Å². The Kier molecular flexibility index (Phi) is 6.23. The monoisotopic (exact) mass is 340 g/mol. The molecule has 0 atom stereocenters. The van der Waals surface area contributed by atoms with Crippen molar-refractivity contribution in [3.05, 3.63) is 42.5 Å². The van der Waals surface area contributed by atoms with E-state index in [0.29, 0.717) is 6.54 Å². The molecule has 1 N–H and O–H groups in total. The number of nitrogens with zero attached hydrogens (tertiary/aromatic N) is 3. The van der Waals surface area contributed by atoms with Crippen molar-refractivity contribution in [2.45, 2.75) is 39.2 Å². The Morgan fingerprint density at radius 2 is 1.88 bits per heavy atom. The Labute approximate surface area is 150 Å². The van der Waals surface area contributed by atoms with Gasteiger partial charge in [-0.1, -0.05) is 13.3 Å². The van der Waals surface area contributed by atoms with Crippen LogP contribution in [0.2, 0.25) is 0 Å². The number of carbonyl (C=O) groups excluding carboxylic acids is 1. The maximum Gasteiger partial charge on any atom is 0.267 e. The summed E-state index contributed by atoms with van der Waals surface area (Å²) in [4.78, 5) is 19.2. The van der Waals surface area contributed by atoms with Gasteiger partial charge in [0, 0.05) is 43.8 Å². The maximum atomic E-state index is 12.7. The molecule has 25 heavy (non-hydrogen) atoms. The Bertz CT molecular complexity index is 674. The molecule has 5 heteroatoms. The molecule has 5 nitrogen and oxygen atoms in total. The van der Waals surface area contributed by atoms with Gasteiger partial charge in [0.2, 0.25) is 0 Å². The minimum atomic E-state index is 0.0192. The van der Waals surface area contributed by atoms with E-state index in [1.165, 1.54) is 19.3 Å². The van der Waals surface area contributed by atoms with E-state index in [-0.39, 0.29) is 5.91 Å². The summed E-state index contributed by atoms with van der Waals surface area (Å²) in [6, 6.07) is 5.94. The van der Waals surface area contributed by atoms with E-state index < -0.39 is 0 Å². The number of aromatic nitrogens is 2. The molecule has 2 aromatic rings. The third kappa shape index (κ3) is 4.69. The molecule has 3 rings (SSSR count). The normalized spacial score (nSPS) is 15.2. The first kappa shape index (κ1) is 17.7. The summed E-state index contributed by atoms with van der Waals surface area (Å²) in [6.45, 7) is 6.95. The highest BCUT2D eigenvalue weighted by molar-refractivity contribution is 5.94. The number of rotatable bonds is 7. The second-order valence-corrected chi connectivity index (χ2v) is 6.70. The number of carbonyl (C=O) groups is 1. The second kappa shape index (κ2) is 8.81. The quantitative estimate of drug-likeness (QED) is 0.842. The van der Waals surface area contributed by atoms with Crippen LogP contribution in [0.5, 0.6) is 0 Å². The third-order valence-electron chi connectivity index (χ3n) is 4.77. The molecule has 1 amide bonds. The number of pyridine rings is 1. The van der Waals surface area contributed by atoms with Gasteiger partial charge in [-0.3, -0.25) is 9.78 Å². The van der Waals surface area contributed by atoms with Crippen molar-refractivity contribution in [3.8, 4) is 11.1 Å². The van der Waals surface area contributed by atoms with Crippen molar-refractivity contribution in [1.82, 2.24) is 19.8 Å². The fraction of sp³-hybridized carbons (Fsp3) is 0.500. The molecule has 0 saturated carbocycles. The van der Waals surface area contributed by atoms with Crippen LogP contribution in [-0.4, -0.2) is 46.5 Å². The lowest BCUT2D eigenvalue weighted by Crippen LogP contribution is -2.38. The number of piperidine rings is 1. The minimum Gasteiger partial charge on any atom is -0.349 e. The second-order valence-electron chi connectivity index (χ2n) is 6.70. The van der Waals surface area contributed by atoms with Crippen molar-refractivity contribution < 1.29 is 4.79 Å². The predicted molar refractivity (Wildman–Crippen MR) is 101 cm³/mol. The smallest absolute Gasteiger partial charge is 0.267 e. The summed E-state index contributed by atoms with van der Waals surface area (Å²) in [5.41, 5.74) is 2.90. The van der Waals surface area contributed by atoms with E-state index in [1.807, 2.05) is 18.2 Å². The molecule has 134 valence electrons. The van der Waals surface area contributed by atoms with Crippen LogP contribution >= 0.6 is 0 Å². The molecule has 0 radical (unpaired) electrons. The van der Waals surface area contributed by atoms with E-state index in [1.54, 1.807) is 12.4 Å². The Morgan fingerprint density at radius 3 is 2.60 bits per heavy atom. The fourth-order valence-electron chi connectivity index (χ4n) is 3.43. The van der Waals surface area contributed by atoms with Crippen molar-refractivity contribution in [3.63, 3.8) is 0 Å². The Hall–Kier alpha value is -2.14. The molecule has 1 fully saturated rings. The summed E-state index contributed by atoms with van der Waals surface area (Å²) < 4.78 is 2.06. The lowest BCUT2D eigenvalue weighted by Gasteiger charge is -2.26. The average Bonchev–Trinajstić information content (AvgIpc) is 3.08. The number of aryl methyl sites for hydroxylation is 1. The average molecular weight is 340 g/mol. The molecule has 1 saturated heterocycles. The number of likely N-dealkylation sites (tertiary alicyclic amines) is 1. The standard InChI is InChI=1S/C20H28N4O/c1-2-11-24-16-18(17-6-8-21-9-7-17)15-19(24)20(25)22-10-14-23-12-4-3-5-13-23/h6-9,15-16H,2-5,10-14H2,1H3,(H,22,25). The molecule has 2 aromatic heterocycles. The number of hydrogen-bond donors (Lipinski definition) is 1. The van der Waals surface area contributed by atoms with Crippen molar-refractivity contribution in [1.29, 1.82) is 0 Å². The van der Waals surface area contributed by atoms with Crippen molar-refractivity contribution >= 4 is 5.91 Å². The Morgan fingerprint density at radius 1 is 1.12 bits per heavy atom. The van der Waals surface area contributed by atoms with Crippen LogP contribution in [0, 0.1) is 0 Å². The van der Waals surface area contributed by atoms with E-state index in [4.69, 9.17) is 0 Å². The highest BCUT2D eigenvalue weighted by Gasteiger charge is 2.15. The van der Waals surface area contributed by atoms with Crippen LogP contribution in [0.1, 0.15) is 43.1 Å². The lowest BCUT2D eigenvalue weighted by atomic mass is 10.1.